The fraction of sp³-hybridized carbons (Fsp3) is 0.286. The first-order valence-corrected chi connectivity index (χ1v) is 8.72. The van der Waals surface area contributed by atoms with Crippen LogP contribution in [0.3, 0.4) is 0 Å². The van der Waals surface area contributed by atoms with Gasteiger partial charge in [0.1, 0.15) is 22.8 Å². The molecule has 0 fully saturated rings. The molecule has 1 heterocycles. The van der Waals surface area contributed by atoms with Gasteiger partial charge in [0.05, 0.1) is 5.56 Å². The maximum atomic E-state index is 13.0. The van der Waals surface area contributed by atoms with Crippen molar-refractivity contribution >= 4 is 16.9 Å². The molecule has 142 valence electrons. The zero-order chi connectivity index (χ0) is 19.7. The summed E-state index contributed by atoms with van der Waals surface area (Å²) in [5.41, 5.74) is 2.35. The summed E-state index contributed by atoms with van der Waals surface area (Å²) >= 11 is 0. The van der Waals surface area contributed by atoms with Gasteiger partial charge in [-0.25, -0.2) is 0 Å². The highest BCUT2D eigenvalue weighted by molar-refractivity contribution is 6.12. The molecule has 2 N–H and O–H groups in total. The first-order valence-electron chi connectivity index (χ1n) is 8.72. The fourth-order valence-corrected chi connectivity index (χ4v) is 3.08. The smallest absolute Gasteiger partial charge is 0.257 e. The Balaban J connectivity index is 2.30. The third-order valence-corrected chi connectivity index (χ3v) is 4.50. The molecule has 0 saturated carbocycles. The number of furan rings is 1. The molecular weight excluding hydrogens is 344 g/mol. The molecular formula is C21H24N2O4. The number of nitrogens with zero attached hydrogens (tertiary/aromatic N) is 2. The second kappa shape index (κ2) is 7.32. The number of likely N-dealkylation sites (N-methyl/N-ethyl adjacent to an activating group) is 1. The molecule has 27 heavy (non-hydrogen) atoms. The lowest BCUT2D eigenvalue weighted by atomic mass is 9.98. The minimum atomic E-state index is -0.200. The summed E-state index contributed by atoms with van der Waals surface area (Å²) in [6.45, 7) is 0.724. The number of hydrogen-bond donors (Lipinski definition) is 2. The number of rotatable bonds is 5. The number of carbonyl (C=O) groups excluding carboxylic acids is 1. The first kappa shape index (κ1) is 18.8. The van der Waals surface area contributed by atoms with E-state index < -0.39 is 0 Å². The van der Waals surface area contributed by atoms with Crippen LogP contribution in [0.1, 0.15) is 15.9 Å². The van der Waals surface area contributed by atoms with Crippen molar-refractivity contribution in [2.75, 3.05) is 34.7 Å². The molecule has 3 aromatic rings. The Hall–Kier alpha value is -2.99. The number of fused-ring (bicyclic) bond motifs is 1. The van der Waals surface area contributed by atoms with Crippen LogP contribution in [0.5, 0.6) is 11.5 Å². The number of benzene rings is 2. The van der Waals surface area contributed by atoms with Crippen molar-refractivity contribution in [2.24, 2.45) is 0 Å². The van der Waals surface area contributed by atoms with E-state index in [1.54, 1.807) is 50.5 Å². The zero-order valence-corrected chi connectivity index (χ0v) is 16.0. The standard InChI is InChI=1S/C21H24N2O4/c1-22(2)12-11-15-16(25)9-10-17-18(15)19(21(26)23(3)4)20(27-17)13-5-7-14(24)8-6-13/h5-10,24-25H,11-12H2,1-4H3. The molecule has 0 aliphatic rings. The highest BCUT2D eigenvalue weighted by Gasteiger charge is 2.26. The lowest BCUT2D eigenvalue weighted by Gasteiger charge is -2.14. The van der Waals surface area contributed by atoms with E-state index in [1.165, 1.54) is 4.90 Å². The number of hydrogen-bond acceptors (Lipinski definition) is 5. The van der Waals surface area contributed by atoms with E-state index in [2.05, 4.69) is 0 Å². The zero-order valence-electron chi connectivity index (χ0n) is 16.0. The van der Waals surface area contributed by atoms with E-state index in [0.29, 0.717) is 39.8 Å². The summed E-state index contributed by atoms with van der Waals surface area (Å²) in [6, 6.07) is 9.80. The maximum absolute atomic E-state index is 13.0. The van der Waals surface area contributed by atoms with E-state index in [1.807, 2.05) is 19.0 Å². The predicted octanol–water partition coefficient (Wildman–Crippen LogP) is 3.32. The van der Waals surface area contributed by atoms with Crippen LogP contribution in [0.15, 0.2) is 40.8 Å². The molecule has 0 bridgehead atoms. The first-order chi connectivity index (χ1) is 12.8. The van der Waals surface area contributed by atoms with E-state index in [4.69, 9.17) is 4.42 Å². The molecule has 6 nitrogen and oxygen atoms in total. The van der Waals surface area contributed by atoms with Crippen LogP contribution in [0.25, 0.3) is 22.3 Å². The monoisotopic (exact) mass is 368 g/mol. The number of phenolic OH excluding ortho intramolecular Hbond substituents is 2. The highest BCUT2D eigenvalue weighted by atomic mass is 16.3. The summed E-state index contributed by atoms with van der Waals surface area (Å²) in [5, 5.41) is 20.7. The molecule has 0 radical (unpaired) electrons. The van der Waals surface area contributed by atoms with Crippen LogP contribution >= 0.6 is 0 Å². The number of phenols is 2. The second-order valence-corrected chi connectivity index (χ2v) is 7.04. The second-order valence-electron chi connectivity index (χ2n) is 7.04. The lowest BCUT2D eigenvalue weighted by Crippen LogP contribution is -2.22. The molecule has 0 saturated heterocycles. The Morgan fingerprint density at radius 3 is 2.26 bits per heavy atom. The van der Waals surface area contributed by atoms with Crippen molar-refractivity contribution in [3.8, 4) is 22.8 Å². The third-order valence-electron chi connectivity index (χ3n) is 4.50. The molecule has 0 aliphatic carbocycles. The topological polar surface area (TPSA) is 77.1 Å². The molecule has 0 unspecified atom stereocenters. The van der Waals surface area contributed by atoms with Crippen molar-refractivity contribution < 1.29 is 19.4 Å². The number of carbonyl (C=O) groups is 1. The van der Waals surface area contributed by atoms with E-state index in [9.17, 15) is 15.0 Å². The summed E-state index contributed by atoms with van der Waals surface area (Å²) in [5.74, 6) is 0.517. The van der Waals surface area contributed by atoms with Crippen LogP contribution in [-0.4, -0.2) is 60.7 Å². The normalized spacial score (nSPS) is 11.3. The fourth-order valence-electron chi connectivity index (χ4n) is 3.08. The summed E-state index contributed by atoms with van der Waals surface area (Å²) in [7, 11) is 7.29. The van der Waals surface area contributed by atoms with Gasteiger partial charge >= 0.3 is 0 Å². The van der Waals surface area contributed by atoms with Crippen molar-refractivity contribution in [1.29, 1.82) is 0 Å². The van der Waals surface area contributed by atoms with Crippen LogP contribution in [0.4, 0.5) is 0 Å². The van der Waals surface area contributed by atoms with Crippen molar-refractivity contribution in [2.45, 2.75) is 6.42 Å². The molecule has 0 spiro atoms. The minimum Gasteiger partial charge on any atom is -0.508 e. The van der Waals surface area contributed by atoms with Crippen molar-refractivity contribution in [1.82, 2.24) is 9.80 Å². The number of amides is 1. The maximum Gasteiger partial charge on any atom is 0.257 e. The lowest BCUT2D eigenvalue weighted by molar-refractivity contribution is 0.0829. The summed E-state index contributed by atoms with van der Waals surface area (Å²) in [6.07, 6.45) is 0.582. The van der Waals surface area contributed by atoms with Crippen LogP contribution < -0.4 is 0 Å². The van der Waals surface area contributed by atoms with Crippen molar-refractivity contribution in [3.05, 3.63) is 47.5 Å². The van der Waals surface area contributed by atoms with E-state index >= 15 is 0 Å². The van der Waals surface area contributed by atoms with Gasteiger partial charge in [-0.05, 0) is 56.9 Å². The Morgan fingerprint density at radius 2 is 1.67 bits per heavy atom. The average Bonchev–Trinajstić information content (AvgIpc) is 3.00. The SMILES string of the molecule is CN(C)CCc1c(O)ccc2oc(-c3ccc(O)cc3)c(C(=O)N(C)C)c12. The van der Waals surface area contributed by atoms with Gasteiger partial charge in [0.2, 0.25) is 0 Å². The van der Waals surface area contributed by atoms with Gasteiger partial charge < -0.3 is 24.4 Å². The molecule has 3 rings (SSSR count). The van der Waals surface area contributed by atoms with Gasteiger partial charge in [-0.3, -0.25) is 4.79 Å². The molecule has 1 amide bonds. The Labute approximate surface area is 158 Å². The molecule has 1 aromatic heterocycles. The van der Waals surface area contributed by atoms with Crippen LogP contribution in [-0.2, 0) is 6.42 Å². The van der Waals surface area contributed by atoms with Gasteiger partial charge in [-0.2, -0.15) is 0 Å². The molecule has 2 aromatic carbocycles. The Morgan fingerprint density at radius 1 is 1.00 bits per heavy atom. The van der Waals surface area contributed by atoms with E-state index in [-0.39, 0.29) is 17.4 Å². The summed E-state index contributed by atoms with van der Waals surface area (Å²) in [4.78, 5) is 16.5. The quantitative estimate of drug-likeness (QED) is 0.722. The highest BCUT2D eigenvalue weighted by Crippen LogP contribution is 2.39. The van der Waals surface area contributed by atoms with Gasteiger partial charge in [-0.15, -0.1) is 0 Å². The average molecular weight is 368 g/mol. The van der Waals surface area contributed by atoms with Gasteiger partial charge in [0.15, 0.2) is 0 Å². The summed E-state index contributed by atoms with van der Waals surface area (Å²) < 4.78 is 6.05. The Bertz CT molecular complexity index is 972. The molecule has 0 aliphatic heterocycles. The van der Waals surface area contributed by atoms with Gasteiger partial charge in [-0.1, -0.05) is 0 Å². The van der Waals surface area contributed by atoms with Crippen molar-refractivity contribution in [3.63, 3.8) is 0 Å². The molecule has 6 heteroatoms. The minimum absolute atomic E-state index is 0.139. The largest absolute Gasteiger partial charge is 0.508 e. The van der Waals surface area contributed by atoms with E-state index in [0.717, 1.165) is 6.54 Å². The van der Waals surface area contributed by atoms with Gasteiger partial charge in [0.25, 0.3) is 5.91 Å². The molecule has 0 atom stereocenters. The van der Waals surface area contributed by atoms with Crippen LogP contribution in [0, 0.1) is 0 Å². The van der Waals surface area contributed by atoms with Crippen LogP contribution in [0.2, 0.25) is 0 Å². The number of aromatic hydroxyl groups is 2. The predicted molar refractivity (Wildman–Crippen MR) is 105 cm³/mol. The Kier molecular flexibility index (Phi) is 5.10. The third kappa shape index (κ3) is 3.61. The van der Waals surface area contributed by atoms with Gasteiger partial charge in [0, 0.05) is 37.2 Å².